The van der Waals surface area contributed by atoms with E-state index in [0.29, 0.717) is 5.69 Å². The van der Waals surface area contributed by atoms with Crippen molar-refractivity contribution in [2.75, 3.05) is 21.3 Å². The van der Waals surface area contributed by atoms with Crippen molar-refractivity contribution in [3.63, 3.8) is 0 Å². The SMILES string of the molecule is COC(=O)c1c(-c2nc(OC)cc(OC)n2)cc(=O)c2c(C)[nH]oc1-2. The Hall–Kier alpha value is -3.36. The molecular formula is C16H15N3O6. The average molecular weight is 345 g/mol. The minimum absolute atomic E-state index is 0.0387. The monoisotopic (exact) mass is 345 g/mol. The van der Waals surface area contributed by atoms with Gasteiger partial charge in [0.1, 0.15) is 5.56 Å². The molecule has 9 nitrogen and oxygen atoms in total. The van der Waals surface area contributed by atoms with E-state index in [1.54, 1.807) is 6.92 Å². The molecule has 130 valence electrons. The normalized spacial score (nSPS) is 10.7. The molecule has 1 N–H and O–H groups in total. The third-order valence-corrected chi connectivity index (χ3v) is 3.65. The number of carbonyl (C=O) groups excluding carboxylic acids is 1. The van der Waals surface area contributed by atoms with Crippen LogP contribution in [-0.4, -0.2) is 42.4 Å². The summed E-state index contributed by atoms with van der Waals surface area (Å²) in [5.74, 6) is -0.102. The third-order valence-electron chi connectivity index (χ3n) is 3.65. The second-order valence-electron chi connectivity index (χ2n) is 5.10. The van der Waals surface area contributed by atoms with E-state index in [9.17, 15) is 9.59 Å². The molecule has 0 amide bonds. The van der Waals surface area contributed by atoms with Gasteiger partial charge in [-0.2, -0.15) is 9.97 Å². The fourth-order valence-corrected chi connectivity index (χ4v) is 2.48. The fourth-order valence-electron chi connectivity index (χ4n) is 2.48. The number of ether oxygens (including phenoxy) is 3. The smallest absolute Gasteiger partial charge is 0.342 e. The summed E-state index contributed by atoms with van der Waals surface area (Å²) in [5.41, 5.74) is 0.617. The van der Waals surface area contributed by atoms with Gasteiger partial charge in [0, 0.05) is 5.56 Å². The van der Waals surface area contributed by atoms with Crippen molar-refractivity contribution in [1.82, 2.24) is 15.1 Å². The Morgan fingerprint density at radius 2 is 1.76 bits per heavy atom. The number of fused-ring (bicyclic) bond motifs is 1. The minimum atomic E-state index is -0.687. The molecule has 2 aliphatic rings. The third kappa shape index (κ3) is 2.69. The second kappa shape index (κ2) is 6.27. The van der Waals surface area contributed by atoms with E-state index < -0.39 is 5.97 Å². The maximum absolute atomic E-state index is 12.5. The Morgan fingerprint density at radius 1 is 1.12 bits per heavy atom. The number of nitrogens with zero attached hydrogens (tertiary/aromatic N) is 2. The van der Waals surface area contributed by atoms with E-state index in [-0.39, 0.29) is 45.5 Å². The van der Waals surface area contributed by atoms with Crippen LogP contribution in [0.2, 0.25) is 0 Å². The molecule has 1 aliphatic carbocycles. The number of H-pyrrole nitrogens is 1. The van der Waals surface area contributed by atoms with Crippen LogP contribution < -0.4 is 14.9 Å². The van der Waals surface area contributed by atoms with Crippen LogP contribution >= 0.6 is 0 Å². The first-order chi connectivity index (χ1) is 12.0. The first-order valence-electron chi connectivity index (χ1n) is 7.20. The van der Waals surface area contributed by atoms with Gasteiger partial charge in [0.25, 0.3) is 0 Å². The van der Waals surface area contributed by atoms with E-state index in [1.807, 2.05) is 0 Å². The number of hydrogen-bond acceptors (Lipinski definition) is 8. The summed E-state index contributed by atoms with van der Waals surface area (Å²) in [4.78, 5) is 33.2. The first-order valence-corrected chi connectivity index (χ1v) is 7.20. The number of methoxy groups -OCH3 is 3. The minimum Gasteiger partial charge on any atom is -0.481 e. The van der Waals surface area contributed by atoms with Crippen LogP contribution in [-0.2, 0) is 4.74 Å². The van der Waals surface area contributed by atoms with E-state index >= 15 is 0 Å². The van der Waals surface area contributed by atoms with E-state index in [1.165, 1.54) is 33.5 Å². The van der Waals surface area contributed by atoms with Gasteiger partial charge >= 0.3 is 5.97 Å². The molecule has 1 aliphatic heterocycles. The Balaban J connectivity index is 2.38. The van der Waals surface area contributed by atoms with Gasteiger partial charge in [0.05, 0.1) is 38.7 Å². The summed E-state index contributed by atoms with van der Waals surface area (Å²) < 4.78 is 20.4. The number of nitrogens with one attached hydrogen (secondary N) is 1. The summed E-state index contributed by atoms with van der Waals surface area (Å²) in [5, 5.41) is 2.59. The van der Waals surface area contributed by atoms with Crippen LogP contribution in [0.1, 0.15) is 16.1 Å². The summed E-state index contributed by atoms with van der Waals surface area (Å²) in [6.07, 6.45) is 0. The number of aryl methyl sites for hydroxylation is 1. The maximum Gasteiger partial charge on any atom is 0.342 e. The van der Waals surface area contributed by atoms with Crippen molar-refractivity contribution in [2.45, 2.75) is 6.92 Å². The number of aromatic nitrogens is 3. The van der Waals surface area contributed by atoms with Gasteiger partial charge in [-0.3, -0.25) is 4.79 Å². The first kappa shape index (κ1) is 16.5. The van der Waals surface area contributed by atoms with Gasteiger partial charge in [-0.15, -0.1) is 0 Å². The molecule has 3 rings (SSSR count). The van der Waals surface area contributed by atoms with Crippen molar-refractivity contribution in [2.24, 2.45) is 0 Å². The molecule has 1 aromatic heterocycles. The number of aromatic amines is 1. The van der Waals surface area contributed by atoms with Crippen LogP contribution in [0, 0.1) is 6.92 Å². The van der Waals surface area contributed by atoms with Gasteiger partial charge in [-0.1, -0.05) is 0 Å². The van der Waals surface area contributed by atoms with Gasteiger partial charge in [0.2, 0.25) is 11.8 Å². The molecule has 1 aromatic rings. The predicted molar refractivity (Wildman–Crippen MR) is 86.2 cm³/mol. The molecule has 0 saturated carbocycles. The lowest BCUT2D eigenvalue weighted by atomic mass is 9.97. The number of carbonyl (C=O) groups is 1. The van der Waals surface area contributed by atoms with Gasteiger partial charge < -0.3 is 18.7 Å². The highest BCUT2D eigenvalue weighted by Crippen LogP contribution is 2.34. The Labute approximate surface area is 141 Å². The van der Waals surface area contributed by atoms with Gasteiger partial charge in [-0.25, -0.2) is 9.95 Å². The molecular weight excluding hydrogens is 330 g/mol. The lowest BCUT2D eigenvalue weighted by Gasteiger charge is -2.11. The molecule has 9 heteroatoms. The highest BCUT2D eigenvalue weighted by molar-refractivity contribution is 6.02. The van der Waals surface area contributed by atoms with Crippen LogP contribution in [0.4, 0.5) is 0 Å². The molecule has 0 unspecified atom stereocenters. The summed E-state index contributed by atoms with van der Waals surface area (Å²) in [6, 6.07) is 2.74. The van der Waals surface area contributed by atoms with E-state index in [4.69, 9.17) is 18.7 Å². The topological polar surface area (TPSA) is 117 Å². The predicted octanol–water partition coefficient (Wildman–Crippen LogP) is 1.64. The summed E-state index contributed by atoms with van der Waals surface area (Å²) >= 11 is 0. The molecule has 25 heavy (non-hydrogen) atoms. The molecule has 0 spiro atoms. The lowest BCUT2D eigenvalue weighted by Crippen LogP contribution is -2.14. The van der Waals surface area contributed by atoms with Crippen LogP contribution in [0.3, 0.4) is 0 Å². The van der Waals surface area contributed by atoms with Crippen molar-refractivity contribution in [3.05, 3.63) is 33.6 Å². The fraction of sp³-hybridized carbons (Fsp3) is 0.250. The Kier molecular flexibility index (Phi) is 4.14. The molecule has 0 radical (unpaired) electrons. The van der Waals surface area contributed by atoms with Crippen LogP contribution in [0.15, 0.2) is 21.5 Å². The van der Waals surface area contributed by atoms with E-state index in [0.717, 1.165) is 0 Å². The standard InChI is InChI=1S/C16H15N3O6/c1-7-12-9(20)5-8(13(16(21)24-4)14(12)25-19-7)15-17-10(22-2)6-11(18-15)23-3/h5-6,19H,1-4H3. The average Bonchev–Trinajstić information content (AvgIpc) is 3.02. The van der Waals surface area contributed by atoms with Gasteiger partial charge in [-0.05, 0) is 13.0 Å². The van der Waals surface area contributed by atoms with Gasteiger partial charge in [0.15, 0.2) is 17.0 Å². The number of hydrogen-bond donors (Lipinski definition) is 1. The van der Waals surface area contributed by atoms with Crippen LogP contribution in [0.5, 0.6) is 11.8 Å². The number of benzene rings is 1. The summed E-state index contributed by atoms with van der Waals surface area (Å²) in [7, 11) is 4.09. The van der Waals surface area contributed by atoms with Crippen molar-refractivity contribution >= 4 is 5.97 Å². The lowest BCUT2D eigenvalue weighted by molar-refractivity contribution is 0.0600. The largest absolute Gasteiger partial charge is 0.481 e. The molecule has 0 aromatic carbocycles. The molecule has 0 saturated heterocycles. The number of esters is 1. The Bertz CT molecular complexity index is 952. The Morgan fingerprint density at radius 3 is 2.32 bits per heavy atom. The maximum atomic E-state index is 12.5. The zero-order chi connectivity index (χ0) is 18.1. The second-order valence-corrected chi connectivity index (χ2v) is 5.10. The highest BCUT2D eigenvalue weighted by Gasteiger charge is 2.30. The van der Waals surface area contributed by atoms with Crippen molar-refractivity contribution in [3.8, 4) is 34.5 Å². The molecule has 0 atom stereocenters. The zero-order valence-corrected chi connectivity index (χ0v) is 14.0. The van der Waals surface area contributed by atoms with E-state index in [2.05, 4.69) is 15.1 Å². The molecule has 2 heterocycles. The zero-order valence-electron chi connectivity index (χ0n) is 14.0. The highest BCUT2D eigenvalue weighted by atomic mass is 16.5. The quantitative estimate of drug-likeness (QED) is 0.709. The van der Waals surface area contributed by atoms with Crippen molar-refractivity contribution < 1.29 is 23.5 Å². The summed E-state index contributed by atoms with van der Waals surface area (Å²) in [6.45, 7) is 1.67. The van der Waals surface area contributed by atoms with Crippen molar-refractivity contribution in [1.29, 1.82) is 0 Å². The number of rotatable bonds is 4. The van der Waals surface area contributed by atoms with Crippen LogP contribution in [0.25, 0.3) is 22.7 Å². The molecule has 0 bridgehead atoms. The molecule has 0 fully saturated rings.